The quantitative estimate of drug-likeness (QED) is 0.671. The van der Waals surface area contributed by atoms with Gasteiger partial charge in [-0.05, 0) is 25.1 Å². The fraction of sp³-hybridized carbons (Fsp3) is 0.444. The Morgan fingerprint density at radius 3 is 2.67 bits per heavy atom. The van der Waals surface area contributed by atoms with Gasteiger partial charge in [0.25, 0.3) is 5.56 Å². The van der Waals surface area contributed by atoms with E-state index in [1.54, 1.807) is 0 Å². The molecule has 6 heteroatoms. The summed E-state index contributed by atoms with van der Waals surface area (Å²) in [6, 6.07) is 0. The van der Waals surface area contributed by atoms with Gasteiger partial charge >= 0.3 is 5.97 Å². The Morgan fingerprint density at radius 2 is 2.13 bits per heavy atom. The largest absolute Gasteiger partial charge is 0.481 e. The van der Waals surface area contributed by atoms with Gasteiger partial charge < -0.3 is 10.1 Å². The van der Waals surface area contributed by atoms with Crippen molar-refractivity contribution < 1.29 is 9.90 Å². The lowest BCUT2D eigenvalue weighted by molar-refractivity contribution is -0.136. The molecule has 1 heterocycles. The smallest absolute Gasteiger partial charge is 0.303 e. The monoisotopic (exact) mass is 228 g/mol. The SMILES string of the molecule is CCc1[nH]c(=S)[nH]c(=O)c1CCC(=O)O. The number of rotatable bonds is 4. The van der Waals surface area contributed by atoms with Crippen LogP contribution in [-0.4, -0.2) is 21.0 Å². The highest BCUT2D eigenvalue weighted by molar-refractivity contribution is 7.71. The fourth-order valence-electron chi connectivity index (χ4n) is 1.36. The van der Waals surface area contributed by atoms with E-state index in [2.05, 4.69) is 9.97 Å². The molecular weight excluding hydrogens is 216 g/mol. The zero-order chi connectivity index (χ0) is 11.4. The van der Waals surface area contributed by atoms with E-state index in [1.807, 2.05) is 6.92 Å². The van der Waals surface area contributed by atoms with E-state index in [1.165, 1.54) is 0 Å². The standard InChI is InChI=1S/C9H12N2O3S/c1-2-6-5(3-4-7(12)13)8(14)11-9(15)10-6/h2-4H2,1H3,(H,12,13)(H2,10,11,14,15). The second kappa shape index (κ2) is 4.88. The van der Waals surface area contributed by atoms with Crippen LogP contribution in [0.1, 0.15) is 24.6 Å². The summed E-state index contributed by atoms with van der Waals surface area (Å²) >= 11 is 4.82. The van der Waals surface area contributed by atoms with E-state index in [-0.39, 0.29) is 23.2 Å². The van der Waals surface area contributed by atoms with Crippen molar-refractivity contribution in [3.8, 4) is 0 Å². The molecule has 1 aromatic heterocycles. The molecule has 5 nitrogen and oxygen atoms in total. The highest BCUT2D eigenvalue weighted by Gasteiger charge is 2.08. The number of aryl methyl sites for hydroxylation is 1. The van der Waals surface area contributed by atoms with Crippen LogP contribution in [0, 0.1) is 4.77 Å². The first-order valence-electron chi connectivity index (χ1n) is 4.60. The third kappa shape index (κ3) is 3.02. The number of hydrogen-bond acceptors (Lipinski definition) is 3. The summed E-state index contributed by atoms with van der Waals surface area (Å²) in [6.45, 7) is 1.88. The first-order valence-corrected chi connectivity index (χ1v) is 5.01. The van der Waals surface area contributed by atoms with Crippen LogP contribution in [0.4, 0.5) is 0 Å². The molecule has 0 atom stereocenters. The lowest BCUT2D eigenvalue weighted by atomic mass is 10.1. The Kier molecular flexibility index (Phi) is 3.79. The van der Waals surface area contributed by atoms with Crippen LogP contribution in [0.5, 0.6) is 0 Å². The molecular formula is C9H12N2O3S. The van der Waals surface area contributed by atoms with Gasteiger partial charge in [-0.2, -0.15) is 0 Å². The number of H-pyrrole nitrogens is 2. The predicted molar refractivity (Wildman–Crippen MR) is 57.6 cm³/mol. The molecule has 0 unspecified atom stereocenters. The minimum absolute atomic E-state index is 0.0549. The maximum absolute atomic E-state index is 11.5. The molecule has 1 rings (SSSR count). The Morgan fingerprint density at radius 1 is 1.47 bits per heavy atom. The second-order valence-electron chi connectivity index (χ2n) is 3.11. The number of carboxylic acids is 1. The van der Waals surface area contributed by atoms with E-state index < -0.39 is 5.97 Å². The summed E-state index contributed by atoms with van der Waals surface area (Å²) in [5.41, 5.74) is 0.898. The normalized spacial score (nSPS) is 10.2. The average Bonchev–Trinajstić information content (AvgIpc) is 2.14. The molecule has 0 amide bonds. The molecule has 0 fully saturated rings. The molecule has 0 aliphatic carbocycles. The van der Waals surface area contributed by atoms with Crippen molar-refractivity contribution in [3.05, 3.63) is 26.4 Å². The summed E-state index contributed by atoms with van der Waals surface area (Å²) in [5, 5.41) is 8.54. The molecule has 0 radical (unpaired) electrons. The molecule has 1 aromatic rings. The first-order chi connectivity index (χ1) is 7.04. The van der Waals surface area contributed by atoms with Crippen LogP contribution in [0.15, 0.2) is 4.79 Å². The minimum Gasteiger partial charge on any atom is -0.481 e. The van der Waals surface area contributed by atoms with E-state index in [0.717, 1.165) is 0 Å². The van der Waals surface area contributed by atoms with Crippen molar-refractivity contribution in [2.75, 3.05) is 0 Å². The van der Waals surface area contributed by atoms with Crippen LogP contribution in [-0.2, 0) is 17.6 Å². The predicted octanol–water partition coefficient (Wildman–Crippen LogP) is 1.01. The summed E-state index contributed by atoms with van der Waals surface area (Å²) in [6.07, 6.45) is 0.795. The third-order valence-corrected chi connectivity index (χ3v) is 2.28. The first kappa shape index (κ1) is 11.6. The van der Waals surface area contributed by atoms with Crippen molar-refractivity contribution >= 4 is 18.2 Å². The van der Waals surface area contributed by atoms with E-state index >= 15 is 0 Å². The van der Waals surface area contributed by atoms with Crippen molar-refractivity contribution in [2.45, 2.75) is 26.2 Å². The highest BCUT2D eigenvalue weighted by Crippen LogP contribution is 2.03. The van der Waals surface area contributed by atoms with E-state index in [4.69, 9.17) is 17.3 Å². The van der Waals surface area contributed by atoms with Crippen LogP contribution in [0.3, 0.4) is 0 Å². The lowest BCUT2D eigenvalue weighted by Crippen LogP contribution is -2.18. The zero-order valence-corrected chi connectivity index (χ0v) is 9.11. The number of nitrogens with one attached hydrogen (secondary N) is 2. The Labute approximate surface area is 91.2 Å². The van der Waals surface area contributed by atoms with Crippen molar-refractivity contribution in [1.82, 2.24) is 9.97 Å². The molecule has 0 aromatic carbocycles. The van der Waals surface area contributed by atoms with Gasteiger partial charge in [0.1, 0.15) is 0 Å². The summed E-state index contributed by atoms with van der Waals surface area (Å²) < 4.78 is 0.274. The number of carboxylic acid groups (broad SMARTS) is 1. The average molecular weight is 228 g/mol. The topological polar surface area (TPSA) is 86.0 Å². The van der Waals surface area contributed by atoms with Gasteiger partial charge in [-0.15, -0.1) is 0 Å². The maximum atomic E-state index is 11.5. The number of aromatic nitrogens is 2. The van der Waals surface area contributed by atoms with Crippen molar-refractivity contribution in [2.24, 2.45) is 0 Å². The lowest BCUT2D eigenvalue weighted by Gasteiger charge is -2.04. The van der Waals surface area contributed by atoms with E-state index in [9.17, 15) is 9.59 Å². The summed E-state index contributed by atoms with van der Waals surface area (Å²) in [4.78, 5) is 27.2. The maximum Gasteiger partial charge on any atom is 0.303 e. The molecule has 3 N–H and O–H groups in total. The minimum atomic E-state index is -0.918. The number of carbonyl (C=O) groups is 1. The fourth-order valence-corrected chi connectivity index (χ4v) is 1.57. The van der Waals surface area contributed by atoms with Crippen LogP contribution in [0.2, 0.25) is 0 Å². The highest BCUT2D eigenvalue weighted by atomic mass is 32.1. The van der Waals surface area contributed by atoms with Crippen LogP contribution >= 0.6 is 12.2 Å². The zero-order valence-electron chi connectivity index (χ0n) is 8.29. The molecule has 0 aliphatic heterocycles. The van der Waals surface area contributed by atoms with Crippen LogP contribution < -0.4 is 5.56 Å². The Bertz CT molecular complexity index is 475. The van der Waals surface area contributed by atoms with Gasteiger partial charge in [0.05, 0.1) is 0 Å². The summed E-state index contributed by atoms with van der Waals surface area (Å²) in [7, 11) is 0. The number of hydrogen-bond donors (Lipinski definition) is 3. The number of aromatic amines is 2. The molecule has 15 heavy (non-hydrogen) atoms. The van der Waals surface area contributed by atoms with Crippen molar-refractivity contribution in [1.29, 1.82) is 0 Å². The van der Waals surface area contributed by atoms with Crippen molar-refractivity contribution in [3.63, 3.8) is 0 Å². The molecule has 82 valence electrons. The second-order valence-corrected chi connectivity index (χ2v) is 3.52. The van der Waals surface area contributed by atoms with Crippen LogP contribution in [0.25, 0.3) is 0 Å². The summed E-state index contributed by atoms with van der Waals surface area (Å²) in [5.74, 6) is -0.918. The van der Waals surface area contributed by atoms with Gasteiger partial charge in [-0.25, -0.2) is 0 Å². The molecule has 0 spiro atoms. The molecule has 0 saturated heterocycles. The Hall–Kier alpha value is -1.43. The third-order valence-electron chi connectivity index (χ3n) is 2.07. The van der Waals surface area contributed by atoms with Gasteiger partial charge in [0, 0.05) is 17.7 Å². The van der Waals surface area contributed by atoms with Gasteiger partial charge in [-0.1, -0.05) is 6.92 Å². The molecule has 0 bridgehead atoms. The molecule has 0 saturated carbocycles. The van der Waals surface area contributed by atoms with Gasteiger partial charge in [-0.3, -0.25) is 14.6 Å². The number of aliphatic carboxylic acids is 1. The van der Waals surface area contributed by atoms with Gasteiger partial charge in [0.2, 0.25) is 0 Å². The molecule has 0 aliphatic rings. The Balaban J connectivity index is 3.10. The van der Waals surface area contributed by atoms with E-state index in [0.29, 0.717) is 17.7 Å². The van der Waals surface area contributed by atoms with Gasteiger partial charge in [0.15, 0.2) is 4.77 Å².